The van der Waals surface area contributed by atoms with Gasteiger partial charge in [-0.25, -0.2) is 5.43 Å². The van der Waals surface area contributed by atoms with Gasteiger partial charge in [-0.15, -0.1) is 0 Å². The lowest BCUT2D eigenvalue weighted by Crippen LogP contribution is -2.20. The van der Waals surface area contributed by atoms with Crippen molar-refractivity contribution in [2.75, 3.05) is 7.11 Å². The normalized spacial score (nSPS) is 15.4. The van der Waals surface area contributed by atoms with Crippen LogP contribution in [0.5, 0.6) is 5.75 Å². The smallest absolute Gasteiger partial charge is 0.275 e. The molecule has 2 aromatic carbocycles. The Bertz CT molecular complexity index is 825. The van der Waals surface area contributed by atoms with Crippen LogP contribution in [0.1, 0.15) is 66.4 Å². The molecule has 1 amide bonds. The highest BCUT2D eigenvalue weighted by Crippen LogP contribution is 2.32. The van der Waals surface area contributed by atoms with Crippen LogP contribution >= 0.6 is 11.6 Å². The van der Waals surface area contributed by atoms with Crippen LogP contribution in [0.4, 0.5) is 0 Å². The van der Waals surface area contributed by atoms with Crippen LogP contribution in [-0.2, 0) is 0 Å². The zero-order valence-electron chi connectivity index (χ0n) is 15.8. The minimum atomic E-state index is -0.354. The van der Waals surface area contributed by atoms with Crippen LogP contribution in [0.2, 0.25) is 5.02 Å². The Morgan fingerprint density at radius 1 is 1.11 bits per heavy atom. The minimum absolute atomic E-state index is 0.354. The first-order chi connectivity index (χ1) is 13.1. The predicted molar refractivity (Wildman–Crippen MR) is 110 cm³/mol. The summed E-state index contributed by atoms with van der Waals surface area (Å²) in [6, 6.07) is 13.4. The molecule has 5 heteroatoms. The van der Waals surface area contributed by atoms with Crippen LogP contribution in [0.3, 0.4) is 0 Å². The van der Waals surface area contributed by atoms with Gasteiger partial charge in [0.25, 0.3) is 5.91 Å². The predicted octanol–water partition coefficient (Wildman–Crippen LogP) is 5.55. The number of hydrogen-bond donors (Lipinski definition) is 1. The molecular weight excluding hydrogens is 360 g/mol. The first kappa shape index (κ1) is 19.4. The van der Waals surface area contributed by atoms with Crippen LogP contribution in [-0.4, -0.2) is 18.7 Å². The largest absolute Gasteiger partial charge is 0.496 e. The Kier molecular flexibility index (Phi) is 6.51. The molecule has 0 heterocycles. The number of hydrogen-bond acceptors (Lipinski definition) is 3. The molecule has 27 heavy (non-hydrogen) atoms. The van der Waals surface area contributed by atoms with Crippen molar-refractivity contribution >= 4 is 23.2 Å². The van der Waals surface area contributed by atoms with Gasteiger partial charge in [-0.1, -0.05) is 55.1 Å². The van der Waals surface area contributed by atoms with Crippen LogP contribution < -0.4 is 10.2 Å². The summed E-state index contributed by atoms with van der Waals surface area (Å²) in [4.78, 5) is 12.4. The molecule has 1 aliphatic rings. The summed E-state index contributed by atoms with van der Waals surface area (Å²) in [6.07, 6.45) is 6.57. The summed E-state index contributed by atoms with van der Waals surface area (Å²) in [5.41, 5.74) is 6.09. The number of methoxy groups -OCH3 is 1. The molecule has 0 unspecified atom stereocenters. The first-order valence-corrected chi connectivity index (χ1v) is 9.75. The molecule has 1 saturated carbocycles. The number of carbonyl (C=O) groups is 1. The molecule has 4 nitrogen and oxygen atoms in total. The number of nitrogens with one attached hydrogen (secondary N) is 1. The average Bonchev–Trinajstić information content (AvgIpc) is 2.72. The lowest BCUT2D eigenvalue weighted by Gasteiger charge is -2.22. The van der Waals surface area contributed by atoms with Gasteiger partial charge in [-0.05, 0) is 55.0 Å². The monoisotopic (exact) mass is 384 g/mol. The molecular formula is C22H25ClN2O2. The third-order valence-electron chi connectivity index (χ3n) is 5.14. The Morgan fingerprint density at radius 2 is 1.81 bits per heavy atom. The molecule has 0 spiro atoms. The molecule has 1 N–H and O–H groups in total. The van der Waals surface area contributed by atoms with E-state index in [0.29, 0.717) is 22.3 Å². The maximum absolute atomic E-state index is 12.4. The maximum Gasteiger partial charge on any atom is 0.275 e. The van der Waals surface area contributed by atoms with Gasteiger partial charge in [0.2, 0.25) is 0 Å². The third-order valence-corrected chi connectivity index (χ3v) is 5.37. The quantitative estimate of drug-likeness (QED) is 0.542. The molecule has 0 aromatic heterocycles. The van der Waals surface area contributed by atoms with Gasteiger partial charge in [0.1, 0.15) is 5.75 Å². The number of amides is 1. The summed E-state index contributed by atoms with van der Waals surface area (Å²) in [6.45, 7) is 1.88. The minimum Gasteiger partial charge on any atom is -0.496 e. The van der Waals surface area contributed by atoms with E-state index in [2.05, 4.69) is 34.8 Å². The number of rotatable bonds is 5. The molecule has 3 rings (SSSR count). The highest BCUT2D eigenvalue weighted by molar-refractivity contribution is 6.31. The SMILES string of the molecule is COc1ccc(Cl)cc1C(=O)N/N=C(\C)c1ccc(C2CCCCC2)cc1. The molecule has 2 aromatic rings. The highest BCUT2D eigenvalue weighted by atomic mass is 35.5. The molecule has 0 saturated heterocycles. The van der Waals surface area contributed by atoms with E-state index in [4.69, 9.17) is 16.3 Å². The molecule has 1 aliphatic carbocycles. The van der Waals surface area contributed by atoms with E-state index in [1.165, 1.54) is 44.8 Å². The van der Waals surface area contributed by atoms with Crippen molar-refractivity contribution in [2.24, 2.45) is 5.10 Å². The van der Waals surface area contributed by atoms with Crippen molar-refractivity contribution in [3.8, 4) is 5.75 Å². The van der Waals surface area contributed by atoms with E-state index >= 15 is 0 Å². The number of halogens is 1. The summed E-state index contributed by atoms with van der Waals surface area (Å²) in [5.74, 6) is 0.786. The number of hydrazone groups is 1. The standard InChI is InChI=1S/C22H25ClN2O2/c1-15(16-8-10-18(11-9-16)17-6-4-3-5-7-17)24-25-22(26)20-14-19(23)12-13-21(20)27-2/h8-14,17H,3-7H2,1-2H3,(H,25,26)/b24-15+. The zero-order chi connectivity index (χ0) is 19.2. The van der Waals surface area contributed by atoms with E-state index in [9.17, 15) is 4.79 Å². The topological polar surface area (TPSA) is 50.7 Å². The molecule has 0 aliphatic heterocycles. The van der Waals surface area contributed by atoms with E-state index in [1.807, 2.05) is 6.92 Å². The molecule has 0 atom stereocenters. The molecule has 142 valence electrons. The van der Waals surface area contributed by atoms with Gasteiger partial charge in [0, 0.05) is 5.02 Å². The molecule has 0 radical (unpaired) electrons. The number of carbonyl (C=O) groups excluding carboxylic acids is 1. The zero-order valence-corrected chi connectivity index (χ0v) is 16.6. The van der Waals surface area contributed by atoms with E-state index < -0.39 is 0 Å². The van der Waals surface area contributed by atoms with Crippen molar-refractivity contribution < 1.29 is 9.53 Å². The Morgan fingerprint density at radius 3 is 2.48 bits per heavy atom. The lowest BCUT2D eigenvalue weighted by atomic mass is 9.84. The Hall–Kier alpha value is -2.33. The van der Waals surface area contributed by atoms with Gasteiger partial charge < -0.3 is 4.74 Å². The van der Waals surface area contributed by atoms with Gasteiger partial charge in [-0.3, -0.25) is 4.79 Å². The third kappa shape index (κ3) is 4.89. The summed E-state index contributed by atoms with van der Waals surface area (Å²) < 4.78 is 5.22. The first-order valence-electron chi connectivity index (χ1n) is 9.37. The van der Waals surface area contributed by atoms with Gasteiger partial charge in [-0.2, -0.15) is 5.10 Å². The fraction of sp³-hybridized carbons (Fsp3) is 0.364. The second-order valence-corrected chi connectivity index (χ2v) is 7.38. The van der Waals surface area contributed by atoms with Crippen LogP contribution in [0, 0.1) is 0 Å². The average molecular weight is 385 g/mol. The number of ether oxygens (including phenoxy) is 1. The van der Waals surface area contributed by atoms with Crippen LogP contribution in [0.15, 0.2) is 47.6 Å². The number of nitrogens with zero attached hydrogens (tertiary/aromatic N) is 1. The second kappa shape index (κ2) is 9.05. The van der Waals surface area contributed by atoms with Crippen molar-refractivity contribution in [1.82, 2.24) is 5.43 Å². The van der Waals surface area contributed by atoms with Crippen molar-refractivity contribution in [1.29, 1.82) is 0 Å². The summed E-state index contributed by atoms with van der Waals surface area (Å²) in [7, 11) is 1.52. The van der Waals surface area contributed by atoms with Crippen molar-refractivity contribution in [3.63, 3.8) is 0 Å². The number of benzene rings is 2. The molecule has 0 bridgehead atoms. The van der Waals surface area contributed by atoms with Crippen molar-refractivity contribution in [3.05, 3.63) is 64.2 Å². The van der Waals surface area contributed by atoms with E-state index in [0.717, 1.165) is 11.3 Å². The van der Waals surface area contributed by atoms with Gasteiger partial charge in [0.05, 0.1) is 18.4 Å². The lowest BCUT2D eigenvalue weighted by molar-refractivity contribution is 0.0952. The summed E-state index contributed by atoms with van der Waals surface area (Å²) in [5, 5.41) is 4.71. The van der Waals surface area contributed by atoms with Gasteiger partial charge >= 0.3 is 0 Å². The van der Waals surface area contributed by atoms with E-state index in [1.54, 1.807) is 18.2 Å². The fourth-order valence-electron chi connectivity index (χ4n) is 3.55. The fourth-order valence-corrected chi connectivity index (χ4v) is 3.72. The Balaban J connectivity index is 1.68. The highest BCUT2D eigenvalue weighted by Gasteiger charge is 2.16. The van der Waals surface area contributed by atoms with Crippen molar-refractivity contribution in [2.45, 2.75) is 44.9 Å². The molecule has 1 fully saturated rings. The Labute approximate surface area is 165 Å². The van der Waals surface area contributed by atoms with Crippen LogP contribution in [0.25, 0.3) is 0 Å². The second-order valence-electron chi connectivity index (χ2n) is 6.94. The maximum atomic E-state index is 12.4. The van der Waals surface area contributed by atoms with Gasteiger partial charge in [0.15, 0.2) is 0 Å². The summed E-state index contributed by atoms with van der Waals surface area (Å²) >= 11 is 5.98. The van der Waals surface area contributed by atoms with E-state index in [-0.39, 0.29) is 5.91 Å².